The summed E-state index contributed by atoms with van der Waals surface area (Å²) in [5.41, 5.74) is 0.297. The van der Waals surface area contributed by atoms with E-state index in [2.05, 4.69) is 15.5 Å². The van der Waals surface area contributed by atoms with Crippen molar-refractivity contribution in [1.29, 1.82) is 0 Å². The first-order valence-electron chi connectivity index (χ1n) is 8.22. The molecule has 0 aliphatic carbocycles. The standard InChI is InChI=1S/C17H23N3O4/c1-3-24-14-9-12(5-6-13(14)23-2)10-20-8-4-7-17(11-20)15(21)18-16(22)19-17/h5-6,9H,3-4,7-8,10-11H2,1-2H3,(H2,18,19,21,22). The molecule has 1 atom stereocenters. The van der Waals surface area contributed by atoms with Gasteiger partial charge in [-0.25, -0.2) is 4.79 Å². The molecule has 1 unspecified atom stereocenters. The van der Waals surface area contributed by atoms with Gasteiger partial charge in [0, 0.05) is 13.1 Å². The molecule has 1 aromatic carbocycles. The molecule has 2 fully saturated rings. The zero-order valence-electron chi connectivity index (χ0n) is 14.1. The van der Waals surface area contributed by atoms with Gasteiger partial charge in [-0.15, -0.1) is 0 Å². The highest BCUT2D eigenvalue weighted by Gasteiger charge is 2.48. The number of methoxy groups -OCH3 is 1. The predicted octanol–water partition coefficient (Wildman–Crippen LogP) is 1.27. The molecule has 2 aliphatic heterocycles. The highest BCUT2D eigenvalue weighted by Crippen LogP contribution is 2.30. The average molecular weight is 333 g/mol. The first-order valence-corrected chi connectivity index (χ1v) is 8.22. The number of ether oxygens (including phenoxy) is 2. The Labute approximate surface area is 141 Å². The summed E-state index contributed by atoms with van der Waals surface area (Å²) in [5, 5.41) is 5.15. The minimum Gasteiger partial charge on any atom is -0.493 e. The van der Waals surface area contributed by atoms with E-state index in [1.54, 1.807) is 7.11 Å². The molecule has 1 spiro atoms. The van der Waals surface area contributed by atoms with Crippen LogP contribution in [0.1, 0.15) is 25.3 Å². The lowest BCUT2D eigenvalue weighted by Gasteiger charge is -2.38. The van der Waals surface area contributed by atoms with Gasteiger partial charge in [-0.3, -0.25) is 15.0 Å². The van der Waals surface area contributed by atoms with E-state index < -0.39 is 11.6 Å². The van der Waals surface area contributed by atoms with Crippen LogP contribution in [0, 0.1) is 0 Å². The van der Waals surface area contributed by atoms with E-state index in [0.717, 1.165) is 24.3 Å². The van der Waals surface area contributed by atoms with Crippen LogP contribution in [0.5, 0.6) is 11.5 Å². The van der Waals surface area contributed by atoms with Crippen molar-refractivity contribution in [1.82, 2.24) is 15.5 Å². The Morgan fingerprint density at radius 3 is 2.79 bits per heavy atom. The van der Waals surface area contributed by atoms with Crippen LogP contribution in [-0.4, -0.2) is 49.2 Å². The molecule has 24 heavy (non-hydrogen) atoms. The Morgan fingerprint density at radius 2 is 2.12 bits per heavy atom. The number of hydrogen-bond donors (Lipinski definition) is 2. The molecule has 7 heteroatoms. The maximum atomic E-state index is 12.1. The van der Waals surface area contributed by atoms with Crippen LogP contribution < -0.4 is 20.1 Å². The third kappa shape index (κ3) is 3.17. The summed E-state index contributed by atoms with van der Waals surface area (Å²) in [5.74, 6) is 1.20. The highest BCUT2D eigenvalue weighted by molar-refractivity contribution is 6.07. The zero-order valence-corrected chi connectivity index (χ0v) is 14.1. The Bertz CT molecular complexity index is 649. The summed E-state index contributed by atoms with van der Waals surface area (Å²) in [4.78, 5) is 25.8. The fourth-order valence-corrected chi connectivity index (χ4v) is 3.44. The fraction of sp³-hybridized carbons (Fsp3) is 0.529. The van der Waals surface area contributed by atoms with E-state index >= 15 is 0 Å². The number of carbonyl (C=O) groups excluding carboxylic acids is 2. The molecule has 0 radical (unpaired) electrons. The van der Waals surface area contributed by atoms with Crippen LogP contribution in [0.4, 0.5) is 4.79 Å². The summed E-state index contributed by atoms with van der Waals surface area (Å²) in [6.07, 6.45) is 1.54. The van der Waals surface area contributed by atoms with Gasteiger partial charge in [0.2, 0.25) is 0 Å². The van der Waals surface area contributed by atoms with Gasteiger partial charge in [-0.05, 0) is 44.0 Å². The van der Waals surface area contributed by atoms with Crippen molar-refractivity contribution < 1.29 is 19.1 Å². The second-order valence-electron chi connectivity index (χ2n) is 6.22. The number of hydrogen-bond acceptors (Lipinski definition) is 5. The molecular weight excluding hydrogens is 310 g/mol. The molecule has 0 bridgehead atoms. The largest absolute Gasteiger partial charge is 0.493 e. The van der Waals surface area contributed by atoms with Gasteiger partial charge in [-0.2, -0.15) is 0 Å². The molecule has 2 saturated heterocycles. The van der Waals surface area contributed by atoms with Gasteiger partial charge in [0.1, 0.15) is 5.54 Å². The minimum atomic E-state index is -0.787. The number of piperidine rings is 1. The average Bonchev–Trinajstić information content (AvgIpc) is 2.81. The van der Waals surface area contributed by atoms with E-state index in [1.807, 2.05) is 25.1 Å². The highest BCUT2D eigenvalue weighted by atomic mass is 16.5. The molecule has 2 N–H and O–H groups in total. The van der Waals surface area contributed by atoms with Gasteiger partial charge in [0.25, 0.3) is 5.91 Å². The van der Waals surface area contributed by atoms with Crippen molar-refractivity contribution in [3.8, 4) is 11.5 Å². The summed E-state index contributed by atoms with van der Waals surface area (Å²) in [6, 6.07) is 5.46. The first-order chi connectivity index (χ1) is 11.6. The number of amides is 3. The normalized spacial score (nSPS) is 23.9. The van der Waals surface area contributed by atoms with Gasteiger partial charge in [0.05, 0.1) is 13.7 Å². The number of urea groups is 1. The number of likely N-dealkylation sites (tertiary alicyclic amines) is 1. The number of nitrogens with zero attached hydrogens (tertiary/aromatic N) is 1. The monoisotopic (exact) mass is 333 g/mol. The Kier molecular flexibility index (Phi) is 4.62. The predicted molar refractivity (Wildman–Crippen MR) is 88.1 cm³/mol. The van der Waals surface area contributed by atoms with Gasteiger partial charge in [0.15, 0.2) is 11.5 Å². The van der Waals surface area contributed by atoms with E-state index in [0.29, 0.717) is 31.9 Å². The van der Waals surface area contributed by atoms with Crippen molar-refractivity contribution in [3.63, 3.8) is 0 Å². The lowest BCUT2D eigenvalue weighted by molar-refractivity contribution is -0.126. The second kappa shape index (κ2) is 6.68. The van der Waals surface area contributed by atoms with Crippen LogP contribution >= 0.6 is 0 Å². The van der Waals surface area contributed by atoms with Crippen LogP contribution in [-0.2, 0) is 11.3 Å². The molecule has 7 nitrogen and oxygen atoms in total. The molecule has 2 aliphatic rings. The van der Waals surface area contributed by atoms with Crippen molar-refractivity contribution in [2.45, 2.75) is 31.8 Å². The lowest BCUT2D eigenvalue weighted by atomic mass is 9.89. The van der Waals surface area contributed by atoms with Gasteiger partial charge < -0.3 is 14.8 Å². The summed E-state index contributed by atoms with van der Waals surface area (Å²) < 4.78 is 10.9. The Balaban J connectivity index is 1.73. The summed E-state index contributed by atoms with van der Waals surface area (Å²) >= 11 is 0. The SMILES string of the molecule is CCOc1cc(CN2CCCC3(C2)NC(=O)NC3=O)ccc1OC. The zero-order chi connectivity index (χ0) is 17.2. The molecular formula is C17H23N3O4. The molecule has 130 valence electrons. The van der Waals surface area contributed by atoms with Crippen LogP contribution in [0.2, 0.25) is 0 Å². The van der Waals surface area contributed by atoms with Crippen LogP contribution in [0.15, 0.2) is 18.2 Å². The van der Waals surface area contributed by atoms with Gasteiger partial charge in [-0.1, -0.05) is 6.07 Å². The van der Waals surface area contributed by atoms with Crippen LogP contribution in [0.25, 0.3) is 0 Å². The summed E-state index contributed by atoms with van der Waals surface area (Å²) in [7, 11) is 1.62. The number of rotatable bonds is 5. The van der Waals surface area contributed by atoms with Crippen molar-refractivity contribution in [3.05, 3.63) is 23.8 Å². The number of imide groups is 1. The Hall–Kier alpha value is -2.28. The molecule has 1 aromatic rings. The molecule has 0 aromatic heterocycles. The number of nitrogens with one attached hydrogen (secondary N) is 2. The van der Waals surface area contributed by atoms with E-state index in [1.165, 1.54) is 0 Å². The lowest BCUT2D eigenvalue weighted by Crippen LogP contribution is -2.58. The van der Waals surface area contributed by atoms with E-state index in [4.69, 9.17) is 9.47 Å². The number of benzene rings is 1. The first kappa shape index (κ1) is 16.6. The third-order valence-electron chi connectivity index (χ3n) is 4.52. The molecule has 0 saturated carbocycles. The number of carbonyl (C=O) groups is 2. The van der Waals surface area contributed by atoms with Gasteiger partial charge >= 0.3 is 6.03 Å². The molecule has 3 rings (SSSR count). The molecule has 3 amide bonds. The maximum absolute atomic E-state index is 12.1. The van der Waals surface area contributed by atoms with Crippen molar-refractivity contribution in [2.24, 2.45) is 0 Å². The van der Waals surface area contributed by atoms with E-state index in [-0.39, 0.29) is 5.91 Å². The molecule has 2 heterocycles. The van der Waals surface area contributed by atoms with Crippen molar-refractivity contribution in [2.75, 3.05) is 26.8 Å². The summed E-state index contributed by atoms with van der Waals surface area (Å²) in [6.45, 7) is 4.59. The fourth-order valence-electron chi connectivity index (χ4n) is 3.44. The topological polar surface area (TPSA) is 79.9 Å². The third-order valence-corrected chi connectivity index (χ3v) is 4.52. The maximum Gasteiger partial charge on any atom is 0.322 e. The smallest absolute Gasteiger partial charge is 0.322 e. The Morgan fingerprint density at radius 1 is 1.29 bits per heavy atom. The van der Waals surface area contributed by atoms with Crippen LogP contribution in [0.3, 0.4) is 0 Å². The van der Waals surface area contributed by atoms with Crippen molar-refractivity contribution >= 4 is 11.9 Å². The second-order valence-corrected chi connectivity index (χ2v) is 6.22. The quantitative estimate of drug-likeness (QED) is 0.793. The minimum absolute atomic E-state index is 0.220. The van der Waals surface area contributed by atoms with E-state index in [9.17, 15) is 9.59 Å².